The predicted molar refractivity (Wildman–Crippen MR) is 68.9 cm³/mol. The highest BCUT2D eigenvalue weighted by Crippen LogP contribution is 2.26. The Balaban J connectivity index is 2.55. The Bertz CT molecular complexity index is 401. The van der Waals surface area contributed by atoms with E-state index in [0.29, 0.717) is 24.5 Å². The second kappa shape index (κ2) is 7.50. The Kier molecular flexibility index (Phi) is 5.94. The fourth-order valence-electron chi connectivity index (χ4n) is 1.29. The van der Waals surface area contributed by atoms with Crippen molar-refractivity contribution in [3.8, 4) is 11.5 Å². The first-order valence-electron chi connectivity index (χ1n) is 5.76. The zero-order valence-electron chi connectivity index (χ0n) is 10.7. The van der Waals surface area contributed by atoms with Gasteiger partial charge in [0.1, 0.15) is 0 Å². The Morgan fingerprint density at radius 3 is 2.67 bits per heavy atom. The van der Waals surface area contributed by atoms with Crippen LogP contribution in [-0.4, -0.2) is 25.8 Å². The molecule has 1 aromatic rings. The molecule has 0 aliphatic rings. The Morgan fingerprint density at radius 1 is 1.39 bits per heavy atom. The molecule has 0 radical (unpaired) electrons. The molecule has 0 amide bonds. The lowest BCUT2D eigenvalue weighted by molar-refractivity contribution is -0.146. The van der Waals surface area contributed by atoms with Gasteiger partial charge in [0.05, 0.1) is 13.7 Å². The van der Waals surface area contributed by atoms with Crippen molar-refractivity contribution in [3.05, 3.63) is 36.9 Å². The van der Waals surface area contributed by atoms with Gasteiger partial charge in [0.15, 0.2) is 17.6 Å². The minimum atomic E-state index is -0.616. The van der Waals surface area contributed by atoms with Gasteiger partial charge in [0.25, 0.3) is 0 Å². The summed E-state index contributed by atoms with van der Waals surface area (Å²) in [4.78, 5) is 11.7. The van der Waals surface area contributed by atoms with Gasteiger partial charge in [0, 0.05) is 0 Å². The van der Waals surface area contributed by atoms with Gasteiger partial charge in [0.2, 0.25) is 0 Å². The molecule has 0 bridgehead atoms. The summed E-state index contributed by atoms with van der Waals surface area (Å²) < 4.78 is 15.6. The largest absolute Gasteiger partial charge is 0.493 e. The molecule has 1 rings (SSSR count). The summed E-state index contributed by atoms with van der Waals surface area (Å²) in [5, 5.41) is 0. The van der Waals surface area contributed by atoms with E-state index in [1.54, 1.807) is 37.3 Å². The van der Waals surface area contributed by atoms with Crippen LogP contribution in [0, 0.1) is 0 Å². The number of methoxy groups -OCH3 is 1. The molecule has 0 saturated heterocycles. The average Bonchev–Trinajstić information content (AvgIpc) is 2.39. The molecule has 0 N–H and O–H groups in total. The maximum atomic E-state index is 11.7. The monoisotopic (exact) mass is 250 g/mol. The fourth-order valence-corrected chi connectivity index (χ4v) is 1.29. The van der Waals surface area contributed by atoms with Crippen molar-refractivity contribution >= 4 is 5.97 Å². The van der Waals surface area contributed by atoms with E-state index in [1.165, 1.54) is 7.11 Å². The maximum Gasteiger partial charge on any atom is 0.340 e. The lowest BCUT2D eigenvalue weighted by Crippen LogP contribution is -2.26. The van der Waals surface area contributed by atoms with Gasteiger partial charge in [-0.05, 0) is 25.5 Å². The van der Waals surface area contributed by atoms with Gasteiger partial charge in [-0.3, -0.25) is 0 Å². The summed E-state index contributed by atoms with van der Waals surface area (Å²) in [6.07, 6.45) is 1.82. The SMILES string of the molecule is C=CCCOC(C)C(=O)Oc1ccccc1OC. The summed E-state index contributed by atoms with van der Waals surface area (Å²) in [5.74, 6) is 0.469. The second-order valence-corrected chi connectivity index (χ2v) is 3.66. The lowest BCUT2D eigenvalue weighted by Gasteiger charge is -2.13. The van der Waals surface area contributed by atoms with Crippen molar-refractivity contribution in [1.29, 1.82) is 0 Å². The van der Waals surface area contributed by atoms with Gasteiger partial charge < -0.3 is 14.2 Å². The average molecular weight is 250 g/mol. The maximum absolute atomic E-state index is 11.7. The number of benzene rings is 1. The van der Waals surface area contributed by atoms with Crippen LogP contribution in [0.2, 0.25) is 0 Å². The highest BCUT2D eigenvalue weighted by molar-refractivity contribution is 5.77. The van der Waals surface area contributed by atoms with Crippen LogP contribution < -0.4 is 9.47 Å². The fraction of sp³-hybridized carbons (Fsp3) is 0.357. The summed E-state index contributed by atoms with van der Waals surface area (Å²) in [6.45, 7) is 5.68. The number of carbonyl (C=O) groups is 1. The van der Waals surface area contributed by atoms with Gasteiger partial charge in [-0.1, -0.05) is 18.2 Å². The van der Waals surface area contributed by atoms with Crippen molar-refractivity contribution in [2.75, 3.05) is 13.7 Å². The normalized spacial score (nSPS) is 11.7. The van der Waals surface area contributed by atoms with E-state index in [1.807, 2.05) is 0 Å². The first kappa shape index (κ1) is 14.3. The van der Waals surface area contributed by atoms with Crippen molar-refractivity contribution < 1.29 is 19.0 Å². The second-order valence-electron chi connectivity index (χ2n) is 3.66. The molecule has 0 heterocycles. The number of rotatable bonds is 7. The van der Waals surface area contributed by atoms with Crippen molar-refractivity contribution in [2.45, 2.75) is 19.4 Å². The number of carbonyl (C=O) groups excluding carboxylic acids is 1. The molecule has 1 unspecified atom stereocenters. The molecule has 0 aliphatic heterocycles. The molecule has 98 valence electrons. The summed E-state index contributed by atoms with van der Waals surface area (Å²) in [5.41, 5.74) is 0. The van der Waals surface area contributed by atoms with Crippen LogP contribution in [0.3, 0.4) is 0 Å². The molecule has 18 heavy (non-hydrogen) atoms. The summed E-state index contributed by atoms with van der Waals surface area (Å²) in [6, 6.07) is 6.98. The molecular weight excluding hydrogens is 232 g/mol. The third-order valence-electron chi connectivity index (χ3n) is 2.30. The summed E-state index contributed by atoms with van der Waals surface area (Å²) >= 11 is 0. The van der Waals surface area contributed by atoms with Crippen LogP contribution in [-0.2, 0) is 9.53 Å². The van der Waals surface area contributed by atoms with Crippen LogP contribution in [0.15, 0.2) is 36.9 Å². The number of esters is 1. The molecule has 0 aromatic heterocycles. The molecule has 1 atom stereocenters. The first-order chi connectivity index (χ1) is 8.69. The zero-order valence-corrected chi connectivity index (χ0v) is 10.7. The molecule has 0 fully saturated rings. The number of hydrogen-bond acceptors (Lipinski definition) is 4. The molecular formula is C14H18O4. The van der Waals surface area contributed by atoms with Gasteiger partial charge in [-0.25, -0.2) is 4.79 Å². The lowest BCUT2D eigenvalue weighted by atomic mass is 10.3. The van der Waals surface area contributed by atoms with E-state index in [-0.39, 0.29) is 0 Å². The van der Waals surface area contributed by atoms with Crippen LogP contribution in [0.1, 0.15) is 13.3 Å². The van der Waals surface area contributed by atoms with Crippen LogP contribution in [0.25, 0.3) is 0 Å². The summed E-state index contributed by atoms with van der Waals surface area (Å²) in [7, 11) is 1.52. The van der Waals surface area contributed by atoms with Gasteiger partial charge >= 0.3 is 5.97 Å². The van der Waals surface area contributed by atoms with Crippen LogP contribution in [0.4, 0.5) is 0 Å². The molecule has 0 spiro atoms. The molecule has 4 heteroatoms. The van der Waals surface area contributed by atoms with Gasteiger partial charge in [-0.2, -0.15) is 0 Å². The van der Waals surface area contributed by atoms with Crippen molar-refractivity contribution in [2.24, 2.45) is 0 Å². The quantitative estimate of drug-likeness (QED) is 0.323. The van der Waals surface area contributed by atoms with Gasteiger partial charge in [-0.15, -0.1) is 6.58 Å². The van der Waals surface area contributed by atoms with E-state index in [9.17, 15) is 4.79 Å². The predicted octanol–water partition coefficient (Wildman–Crippen LogP) is 2.58. The van der Waals surface area contributed by atoms with E-state index in [0.717, 1.165) is 0 Å². The van der Waals surface area contributed by atoms with Crippen LogP contribution in [0.5, 0.6) is 11.5 Å². The minimum absolute atomic E-state index is 0.393. The van der Waals surface area contributed by atoms with Crippen LogP contribution >= 0.6 is 0 Å². The molecule has 1 aromatic carbocycles. The van der Waals surface area contributed by atoms with E-state index in [2.05, 4.69) is 6.58 Å². The highest BCUT2D eigenvalue weighted by atomic mass is 16.6. The first-order valence-corrected chi connectivity index (χ1v) is 5.76. The van der Waals surface area contributed by atoms with E-state index in [4.69, 9.17) is 14.2 Å². The minimum Gasteiger partial charge on any atom is -0.493 e. The van der Waals surface area contributed by atoms with Crippen molar-refractivity contribution in [3.63, 3.8) is 0 Å². The zero-order chi connectivity index (χ0) is 13.4. The third kappa shape index (κ3) is 4.22. The molecule has 0 saturated carbocycles. The smallest absolute Gasteiger partial charge is 0.340 e. The standard InChI is InChI=1S/C14H18O4/c1-4-5-10-17-11(2)14(15)18-13-9-7-6-8-12(13)16-3/h4,6-9,11H,1,5,10H2,2-3H3. The topological polar surface area (TPSA) is 44.8 Å². The molecule has 0 aliphatic carbocycles. The Morgan fingerprint density at radius 2 is 2.06 bits per heavy atom. The van der Waals surface area contributed by atoms with Crippen molar-refractivity contribution in [1.82, 2.24) is 0 Å². The number of para-hydroxylation sites is 2. The Labute approximate surface area is 107 Å². The van der Waals surface area contributed by atoms with E-state index >= 15 is 0 Å². The molecule has 4 nitrogen and oxygen atoms in total. The number of hydrogen-bond donors (Lipinski definition) is 0. The Hall–Kier alpha value is -1.81. The van der Waals surface area contributed by atoms with E-state index < -0.39 is 12.1 Å². The number of ether oxygens (including phenoxy) is 3. The third-order valence-corrected chi connectivity index (χ3v) is 2.30. The highest BCUT2D eigenvalue weighted by Gasteiger charge is 2.17.